The van der Waals surface area contributed by atoms with Crippen molar-refractivity contribution >= 4 is 0 Å². The Balaban J connectivity index is 0.00000304. The Bertz CT molecular complexity index is 1360. The molecule has 0 atom stereocenters. The number of pyridine rings is 3. The molecule has 0 amide bonds. The van der Waals surface area contributed by atoms with Gasteiger partial charge < -0.3 is 9.67 Å². The summed E-state index contributed by atoms with van der Waals surface area (Å²) in [6, 6.07) is 14.5. The monoisotopic (exact) mass is 678 g/mol. The number of rotatable bonds is 4. The summed E-state index contributed by atoms with van der Waals surface area (Å²) in [5, 5.41) is 3.58. The molecule has 0 N–H and O–H groups in total. The Kier molecular flexibility index (Phi) is 7.36. The minimum Gasteiger partial charge on any atom is -0.343 e. The van der Waals surface area contributed by atoms with Crippen molar-refractivity contribution in [3.8, 4) is 17.1 Å². The summed E-state index contributed by atoms with van der Waals surface area (Å²) in [5.41, 5.74) is -0.239. The van der Waals surface area contributed by atoms with Gasteiger partial charge >= 0.3 is 27.2 Å². The maximum Gasteiger partial charge on any atom is 2.00 e. The van der Waals surface area contributed by atoms with Gasteiger partial charge in [0.25, 0.3) is 0 Å². The van der Waals surface area contributed by atoms with E-state index in [9.17, 15) is 22.0 Å². The molecule has 5 rings (SSSR count). The predicted molar refractivity (Wildman–Crippen MR) is 115 cm³/mol. The molecule has 1 saturated carbocycles. The van der Waals surface area contributed by atoms with Gasteiger partial charge in [-0.1, -0.05) is 61.4 Å². The number of halogens is 5. The van der Waals surface area contributed by atoms with E-state index in [-0.39, 0.29) is 38.1 Å². The van der Waals surface area contributed by atoms with Crippen molar-refractivity contribution in [2.75, 3.05) is 0 Å². The summed E-state index contributed by atoms with van der Waals surface area (Å²) >= 11 is 0. The first-order chi connectivity index (χ1) is 16.8. The van der Waals surface area contributed by atoms with Crippen LogP contribution in [0.25, 0.3) is 17.1 Å². The van der Waals surface area contributed by atoms with Crippen LogP contribution in [-0.2, 0) is 32.7 Å². The van der Waals surface area contributed by atoms with Gasteiger partial charge in [-0.15, -0.1) is 12.1 Å². The quantitative estimate of drug-likeness (QED) is 0.154. The van der Waals surface area contributed by atoms with E-state index in [1.807, 2.05) is 12.1 Å². The van der Waals surface area contributed by atoms with Crippen LogP contribution in [0.3, 0.4) is 0 Å². The Hall–Kier alpha value is -3.00. The number of hydrogen-bond donors (Lipinski definition) is 0. The van der Waals surface area contributed by atoms with E-state index in [0.717, 1.165) is 36.1 Å². The van der Waals surface area contributed by atoms with Gasteiger partial charge in [0.05, 0.1) is 16.9 Å². The summed E-state index contributed by atoms with van der Waals surface area (Å²) < 4.78 is 67.6. The molecule has 0 radical (unpaired) electrons. The van der Waals surface area contributed by atoms with Crippen molar-refractivity contribution in [3.05, 3.63) is 89.8 Å². The second kappa shape index (κ2) is 10.2. The Morgan fingerprint density at radius 2 is 1.56 bits per heavy atom. The normalized spacial score (nSPS) is 15.4. The molecule has 0 spiro atoms. The summed E-state index contributed by atoms with van der Waals surface area (Å²) in [6.45, 7) is 0. The van der Waals surface area contributed by atoms with Crippen LogP contribution in [0.4, 0.5) is 22.0 Å². The molecule has 0 saturated heterocycles. The van der Waals surface area contributed by atoms with Crippen LogP contribution < -0.4 is 0 Å². The molecule has 36 heavy (non-hydrogen) atoms. The van der Waals surface area contributed by atoms with Gasteiger partial charge in [0, 0.05) is 11.4 Å². The van der Waals surface area contributed by atoms with Crippen LogP contribution in [0.1, 0.15) is 49.2 Å². The van der Waals surface area contributed by atoms with Gasteiger partial charge in [-0.25, -0.2) is 8.78 Å². The molecule has 188 valence electrons. The minimum absolute atomic E-state index is 0. The average molecular weight is 679 g/mol. The van der Waals surface area contributed by atoms with Crippen LogP contribution in [0.15, 0.2) is 48.5 Å². The molecule has 1 fully saturated rings. The van der Waals surface area contributed by atoms with Gasteiger partial charge in [-0.2, -0.15) is 13.2 Å². The van der Waals surface area contributed by atoms with Crippen molar-refractivity contribution in [2.45, 2.75) is 43.7 Å². The first-order valence-electron chi connectivity index (χ1n) is 11.0. The SMILES string of the molecule is Fc1c[c-]c(-c2cccc(C3(c4cccc(-n5[c-]cc(C(F)(F)F)n5)n4)CCCCC3)n2)c(F)n1.[Pt+2]. The zero-order chi connectivity index (χ0) is 24.6. The minimum atomic E-state index is -4.59. The van der Waals surface area contributed by atoms with Crippen LogP contribution in [0.2, 0.25) is 0 Å². The van der Waals surface area contributed by atoms with Gasteiger partial charge in [-0.05, 0) is 30.7 Å². The molecular formula is C25H18F5N5Pt. The van der Waals surface area contributed by atoms with Crippen molar-refractivity contribution in [1.82, 2.24) is 24.7 Å². The fraction of sp³-hybridized carbons (Fsp3) is 0.280. The van der Waals surface area contributed by atoms with E-state index >= 15 is 0 Å². The number of hydrogen-bond acceptors (Lipinski definition) is 4. The third-order valence-electron chi connectivity index (χ3n) is 6.21. The summed E-state index contributed by atoms with van der Waals surface area (Å²) in [6.07, 6.45) is 2.09. The van der Waals surface area contributed by atoms with E-state index < -0.39 is 29.2 Å². The summed E-state index contributed by atoms with van der Waals surface area (Å²) in [7, 11) is 0. The maximum absolute atomic E-state index is 14.3. The van der Waals surface area contributed by atoms with Crippen LogP contribution in [-0.4, -0.2) is 24.7 Å². The molecule has 5 nitrogen and oxygen atoms in total. The van der Waals surface area contributed by atoms with E-state index in [0.29, 0.717) is 24.2 Å². The van der Waals surface area contributed by atoms with Crippen LogP contribution >= 0.6 is 0 Å². The molecule has 1 aliphatic rings. The third kappa shape index (κ3) is 4.96. The van der Waals surface area contributed by atoms with E-state index in [4.69, 9.17) is 4.98 Å². The second-order valence-electron chi connectivity index (χ2n) is 8.39. The predicted octanol–water partition coefficient (Wildman–Crippen LogP) is 5.87. The molecule has 0 bridgehead atoms. The van der Waals surface area contributed by atoms with Crippen molar-refractivity contribution in [1.29, 1.82) is 0 Å². The average Bonchev–Trinajstić information content (AvgIpc) is 3.36. The van der Waals surface area contributed by atoms with Crippen LogP contribution in [0.5, 0.6) is 0 Å². The number of aromatic nitrogens is 5. The third-order valence-corrected chi connectivity index (χ3v) is 6.21. The van der Waals surface area contributed by atoms with Crippen LogP contribution in [0, 0.1) is 24.2 Å². The van der Waals surface area contributed by atoms with Gasteiger partial charge in [-0.3, -0.25) is 15.1 Å². The number of nitrogens with zero attached hydrogens (tertiary/aromatic N) is 5. The van der Waals surface area contributed by atoms with Crippen molar-refractivity contribution < 1.29 is 43.0 Å². The Morgan fingerprint density at radius 3 is 2.22 bits per heavy atom. The number of alkyl halides is 3. The Morgan fingerprint density at radius 1 is 0.861 bits per heavy atom. The summed E-state index contributed by atoms with van der Waals surface area (Å²) in [5.74, 6) is -1.79. The smallest absolute Gasteiger partial charge is 0.343 e. The molecule has 4 aromatic rings. The van der Waals surface area contributed by atoms with Crippen molar-refractivity contribution in [3.63, 3.8) is 0 Å². The molecule has 0 unspecified atom stereocenters. The standard InChI is InChI=1S/C25H18F5N5.Pt/c26-21-11-10-16(23(27)33-21)17-6-4-7-18(31-17)24(13-2-1-3-14-24)19-8-5-9-22(32-19)35-15-12-20(34-35)25(28,29)30;/h4-9,11-12H,1-3,13-14H2;/q-2;+2. The molecule has 4 heterocycles. The summed E-state index contributed by atoms with van der Waals surface area (Å²) in [4.78, 5) is 12.6. The van der Waals surface area contributed by atoms with Gasteiger partial charge in [0.2, 0.25) is 0 Å². The first-order valence-corrected chi connectivity index (χ1v) is 11.0. The van der Waals surface area contributed by atoms with E-state index in [1.54, 1.807) is 24.3 Å². The zero-order valence-electron chi connectivity index (χ0n) is 18.6. The van der Waals surface area contributed by atoms with Gasteiger partial charge in [0.15, 0.2) is 0 Å². The van der Waals surface area contributed by atoms with Gasteiger partial charge in [0.1, 0.15) is 11.9 Å². The topological polar surface area (TPSA) is 56.5 Å². The second-order valence-corrected chi connectivity index (χ2v) is 8.39. The fourth-order valence-corrected chi connectivity index (χ4v) is 4.54. The molecule has 1 aliphatic carbocycles. The molecule has 0 aliphatic heterocycles. The maximum atomic E-state index is 14.3. The largest absolute Gasteiger partial charge is 2.00 e. The van der Waals surface area contributed by atoms with Crippen molar-refractivity contribution in [2.24, 2.45) is 0 Å². The molecular weight excluding hydrogens is 660 g/mol. The molecule has 0 aromatic carbocycles. The Labute approximate surface area is 218 Å². The molecule has 11 heteroatoms. The first kappa shape index (κ1) is 26.1. The zero-order valence-corrected chi connectivity index (χ0v) is 20.9. The van der Waals surface area contributed by atoms with E-state index in [2.05, 4.69) is 27.3 Å². The fourth-order valence-electron chi connectivity index (χ4n) is 4.54. The molecule has 4 aromatic heterocycles. The van der Waals surface area contributed by atoms with E-state index in [1.165, 1.54) is 0 Å².